The number of aromatic nitrogens is 2. The summed E-state index contributed by atoms with van der Waals surface area (Å²) < 4.78 is 15.0. The number of hydrogen-bond acceptors (Lipinski definition) is 7. The van der Waals surface area contributed by atoms with Crippen molar-refractivity contribution in [1.29, 1.82) is 0 Å². The van der Waals surface area contributed by atoms with Crippen LogP contribution in [0.1, 0.15) is 44.9 Å². The van der Waals surface area contributed by atoms with E-state index in [0.29, 0.717) is 17.4 Å². The fourth-order valence-corrected chi connectivity index (χ4v) is 3.91. The molecule has 1 heterocycles. The highest BCUT2D eigenvalue weighted by atomic mass is 19.1. The van der Waals surface area contributed by atoms with Gasteiger partial charge in [-0.2, -0.15) is 9.37 Å². The Morgan fingerprint density at radius 3 is 2.53 bits per heavy atom. The predicted octanol–water partition coefficient (Wildman–Crippen LogP) is 0.852. The molecule has 1 aromatic rings. The highest BCUT2D eigenvalue weighted by Gasteiger charge is 2.37. The number of nitrogens with zero attached hydrogens (tertiary/aromatic N) is 4. The first kappa shape index (κ1) is 25.4. The Labute approximate surface area is 186 Å². The van der Waals surface area contributed by atoms with Gasteiger partial charge in [-0.1, -0.05) is 25.7 Å². The standard InChI is InChI=1S/C20H32FN7O4/c1-12(17(22)30)28(3,4)19-16(21)18(23-13(2)24-19)25-26-20(31)15(10-27(32)11-29)9-14-7-5-6-8-14/h11-12,14-15,32H,5-10H2,1-4H3,(H3-,22,23,24,25,26,30,31)/p+1/t12-,15-/m1/s1. The molecule has 0 bridgehead atoms. The van der Waals surface area contributed by atoms with Crippen molar-refractivity contribution in [2.75, 3.05) is 26.1 Å². The fraction of sp³-hybridized carbons (Fsp3) is 0.650. The molecule has 1 fully saturated rings. The minimum absolute atomic E-state index is 0.0643. The summed E-state index contributed by atoms with van der Waals surface area (Å²) in [6.07, 6.45) is 4.87. The van der Waals surface area contributed by atoms with Gasteiger partial charge in [0, 0.05) is 0 Å². The molecule has 178 valence electrons. The summed E-state index contributed by atoms with van der Waals surface area (Å²) in [6.45, 7) is 2.95. The van der Waals surface area contributed by atoms with Crippen molar-refractivity contribution in [3.63, 3.8) is 0 Å². The third-order valence-corrected chi connectivity index (χ3v) is 6.17. The zero-order valence-corrected chi connectivity index (χ0v) is 19.0. The van der Waals surface area contributed by atoms with Gasteiger partial charge < -0.3 is 5.73 Å². The lowest BCUT2D eigenvalue weighted by atomic mass is 9.92. The minimum Gasteiger partial charge on any atom is -0.365 e. The van der Waals surface area contributed by atoms with E-state index in [-0.39, 0.29) is 34.9 Å². The smallest absolute Gasteiger partial charge is 0.275 e. The number of hydrogen-bond donors (Lipinski definition) is 4. The van der Waals surface area contributed by atoms with Crippen molar-refractivity contribution in [2.24, 2.45) is 17.6 Å². The molecule has 1 aromatic heterocycles. The second kappa shape index (κ2) is 10.6. The van der Waals surface area contributed by atoms with Gasteiger partial charge in [0.15, 0.2) is 11.9 Å². The minimum atomic E-state index is -0.835. The van der Waals surface area contributed by atoms with E-state index in [1.165, 1.54) is 0 Å². The fourth-order valence-electron chi connectivity index (χ4n) is 3.91. The van der Waals surface area contributed by atoms with E-state index in [2.05, 4.69) is 20.8 Å². The number of quaternary nitrogens is 1. The van der Waals surface area contributed by atoms with Crippen LogP contribution < -0.4 is 21.1 Å². The molecular formula is C20H33FN7O4+. The Morgan fingerprint density at radius 2 is 1.97 bits per heavy atom. The van der Waals surface area contributed by atoms with Gasteiger partial charge in [0.2, 0.25) is 18.1 Å². The van der Waals surface area contributed by atoms with Gasteiger partial charge in [-0.05, 0) is 26.2 Å². The summed E-state index contributed by atoms with van der Waals surface area (Å²) in [5.74, 6) is -2.42. The first-order valence-electron chi connectivity index (χ1n) is 10.6. The van der Waals surface area contributed by atoms with Crippen LogP contribution in [0.3, 0.4) is 0 Å². The highest BCUT2D eigenvalue weighted by Crippen LogP contribution is 2.31. The Balaban J connectivity index is 2.20. The molecule has 2 atom stereocenters. The number of hydroxylamine groups is 2. The van der Waals surface area contributed by atoms with Gasteiger partial charge in [-0.3, -0.25) is 34.9 Å². The first-order chi connectivity index (χ1) is 15.0. The number of hydrazine groups is 1. The highest BCUT2D eigenvalue weighted by molar-refractivity contribution is 5.82. The van der Waals surface area contributed by atoms with E-state index in [0.717, 1.165) is 25.7 Å². The number of likely N-dealkylation sites (N-methyl/N-ethyl adjacent to an activating group) is 1. The zero-order chi connectivity index (χ0) is 24.1. The summed E-state index contributed by atoms with van der Waals surface area (Å²) in [7, 11) is 3.19. The van der Waals surface area contributed by atoms with E-state index in [1.807, 2.05) is 0 Å². The number of nitrogens with one attached hydrogen (secondary N) is 2. The molecule has 1 aliphatic carbocycles. The van der Waals surface area contributed by atoms with Crippen molar-refractivity contribution < 1.29 is 24.0 Å². The molecule has 5 N–H and O–H groups in total. The molecule has 0 unspecified atom stereocenters. The lowest BCUT2D eigenvalue weighted by Crippen LogP contribution is -2.55. The average molecular weight is 455 g/mol. The molecule has 3 amide bonds. The van der Waals surface area contributed by atoms with Crippen LogP contribution in [0.2, 0.25) is 0 Å². The van der Waals surface area contributed by atoms with Crippen LogP contribution in [0, 0.1) is 24.6 Å². The lowest BCUT2D eigenvalue weighted by Gasteiger charge is -2.32. The lowest BCUT2D eigenvalue weighted by molar-refractivity contribution is -0.154. The van der Waals surface area contributed by atoms with Gasteiger partial charge in [0.25, 0.3) is 11.7 Å². The van der Waals surface area contributed by atoms with Crippen LogP contribution in [0.25, 0.3) is 0 Å². The summed E-state index contributed by atoms with van der Waals surface area (Å²) in [6, 6.07) is -0.768. The van der Waals surface area contributed by atoms with Crippen molar-refractivity contribution >= 4 is 29.9 Å². The largest absolute Gasteiger partial charge is 0.365 e. The molecule has 0 saturated heterocycles. The molecule has 0 aromatic carbocycles. The topological polar surface area (TPSA) is 151 Å². The SMILES string of the molecule is Cc1nc(NNC(=O)[C@H](CC2CCCC2)CN(O)C=O)c(F)c([N+](C)(C)[C@H](C)C(N)=O)n1. The number of primary amides is 1. The van der Waals surface area contributed by atoms with Gasteiger partial charge in [-0.15, -0.1) is 0 Å². The summed E-state index contributed by atoms with van der Waals surface area (Å²) >= 11 is 0. The van der Waals surface area contributed by atoms with Crippen molar-refractivity contribution in [1.82, 2.24) is 24.9 Å². The number of amides is 3. The van der Waals surface area contributed by atoms with Crippen LogP contribution in [0.4, 0.5) is 16.0 Å². The van der Waals surface area contributed by atoms with E-state index < -0.39 is 29.6 Å². The molecule has 12 heteroatoms. The number of nitrogens with two attached hydrogens (primary N) is 1. The second-order valence-corrected chi connectivity index (χ2v) is 8.80. The molecule has 0 spiro atoms. The first-order valence-corrected chi connectivity index (χ1v) is 10.6. The van der Waals surface area contributed by atoms with Gasteiger partial charge >= 0.3 is 0 Å². The van der Waals surface area contributed by atoms with Gasteiger partial charge in [0.1, 0.15) is 5.82 Å². The van der Waals surface area contributed by atoms with Crippen molar-refractivity contribution in [2.45, 2.75) is 52.0 Å². The Morgan fingerprint density at radius 1 is 1.34 bits per heavy atom. The normalized spacial score (nSPS) is 16.3. The van der Waals surface area contributed by atoms with Gasteiger partial charge in [-0.25, -0.2) is 10.0 Å². The predicted molar refractivity (Wildman–Crippen MR) is 115 cm³/mol. The number of halogens is 1. The van der Waals surface area contributed by atoms with Crippen LogP contribution in [0.15, 0.2) is 0 Å². The molecule has 1 aliphatic rings. The Kier molecular flexibility index (Phi) is 8.44. The van der Waals surface area contributed by atoms with E-state index in [4.69, 9.17) is 5.73 Å². The van der Waals surface area contributed by atoms with E-state index in [9.17, 15) is 19.6 Å². The number of aryl methyl sites for hydroxylation is 1. The monoisotopic (exact) mass is 454 g/mol. The molecule has 0 aliphatic heterocycles. The van der Waals surface area contributed by atoms with Crippen LogP contribution in [-0.4, -0.2) is 65.1 Å². The molecule has 1 saturated carbocycles. The zero-order valence-electron chi connectivity index (χ0n) is 19.0. The van der Waals surface area contributed by atoms with E-state index in [1.54, 1.807) is 27.9 Å². The maximum atomic E-state index is 15.2. The van der Waals surface area contributed by atoms with Crippen LogP contribution >= 0.6 is 0 Å². The molecule has 0 radical (unpaired) electrons. The molecule has 32 heavy (non-hydrogen) atoms. The third kappa shape index (κ3) is 6.10. The maximum absolute atomic E-state index is 15.2. The summed E-state index contributed by atoms with van der Waals surface area (Å²) in [4.78, 5) is 43.4. The van der Waals surface area contributed by atoms with Crippen molar-refractivity contribution in [3.05, 3.63) is 11.6 Å². The molecular weight excluding hydrogens is 421 g/mol. The molecule has 2 rings (SSSR count). The van der Waals surface area contributed by atoms with E-state index >= 15 is 4.39 Å². The number of carbonyl (C=O) groups excluding carboxylic acids is 3. The number of carbonyl (C=O) groups is 3. The van der Waals surface area contributed by atoms with Crippen LogP contribution in [-0.2, 0) is 14.4 Å². The Bertz CT molecular complexity index is 845. The van der Waals surface area contributed by atoms with Crippen molar-refractivity contribution in [3.8, 4) is 0 Å². The van der Waals surface area contributed by atoms with Gasteiger partial charge in [0.05, 0.1) is 26.6 Å². The number of rotatable bonds is 11. The second-order valence-electron chi connectivity index (χ2n) is 8.80. The quantitative estimate of drug-likeness (QED) is 0.167. The summed E-state index contributed by atoms with van der Waals surface area (Å²) in [5, 5.41) is 10.0. The number of anilines is 1. The Hall–Kier alpha value is -2.86. The van der Waals surface area contributed by atoms with Crippen LogP contribution in [0.5, 0.6) is 0 Å². The maximum Gasteiger partial charge on any atom is 0.275 e. The summed E-state index contributed by atoms with van der Waals surface area (Å²) in [5.41, 5.74) is 10.3. The third-order valence-electron chi connectivity index (χ3n) is 6.17. The molecule has 11 nitrogen and oxygen atoms in total. The average Bonchev–Trinajstić information content (AvgIpc) is 3.25.